The maximum Gasteiger partial charge on any atom is 0.208 e. The Balaban J connectivity index is 2.58. The highest BCUT2D eigenvalue weighted by Crippen LogP contribution is 2.32. The minimum Gasteiger partial charge on any atom is -0.492 e. The molecule has 0 atom stereocenters. The van der Waals surface area contributed by atoms with Crippen LogP contribution in [0.4, 0.5) is 0 Å². The van der Waals surface area contributed by atoms with Crippen molar-refractivity contribution >= 4 is 41.9 Å². The van der Waals surface area contributed by atoms with Gasteiger partial charge in [-0.25, -0.2) is 13.1 Å². The van der Waals surface area contributed by atoms with Gasteiger partial charge in [0.2, 0.25) is 10.0 Å². The zero-order valence-corrected chi connectivity index (χ0v) is 15.4. The molecule has 0 heterocycles. The zero-order valence-electron chi connectivity index (χ0n) is 11.4. The molecule has 2 N–H and O–H groups in total. The van der Waals surface area contributed by atoms with Crippen molar-refractivity contribution in [3.63, 3.8) is 0 Å². The highest BCUT2D eigenvalue weighted by molar-refractivity contribution is 9.11. The first-order valence-electron chi connectivity index (χ1n) is 6.09. The van der Waals surface area contributed by atoms with Crippen LogP contribution in [0.3, 0.4) is 0 Å². The van der Waals surface area contributed by atoms with E-state index in [9.17, 15) is 8.42 Å². The van der Waals surface area contributed by atoms with Gasteiger partial charge in [0, 0.05) is 29.7 Å². The summed E-state index contributed by atoms with van der Waals surface area (Å²) in [5.74, 6) is 0.805. The van der Waals surface area contributed by atoms with Gasteiger partial charge in [0.1, 0.15) is 5.75 Å². The second-order valence-corrected chi connectivity index (χ2v) is 7.76. The summed E-state index contributed by atoms with van der Waals surface area (Å²) in [6, 6.07) is 3.91. The summed E-state index contributed by atoms with van der Waals surface area (Å²) in [7, 11) is -3.13. The molecule has 0 saturated heterocycles. The molecule has 0 saturated carbocycles. The topological polar surface area (TPSA) is 67.4 Å². The largest absolute Gasteiger partial charge is 0.492 e. The third-order valence-corrected chi connectivity index (χ3v) is 4.13. The van der Waals surface area contributed by atoms with Gasteiger partial charge in [0.25, 0.3) is 0 Å². The molecule has 0 spiro atoms. The molecule has 1 rings (SSSR count). The summed E-state index contributed by atoms with van der Waals surface area (Å²) in [5, 5.41) is 3.18. The highest BCUT2D eigenvalue weighted by atomic mass is 79.9. The molecule has 0 radical (unpaired) electrons. The minimum absolute atomic E-state index is 0.359. The van der Waals surface area contributed by atoms with E-state index in [1.165, 1.54) is 0 Å². The van der Waals surface area contributed by atoms with Crippen LogP contribution in [0.2, 0.25) is 0 Å². The number of sulfonamides is 1. The lowest BCUT2D eigenvalue weighted by molar-refractivity contribution is 0.333. The van der Waals surface area contributed by atoms with Crippen LogP contribution in [0.5, 0.6) is 5.75 Å². The molecule has 0 unspecified atom stereocenters. The molecule has 114 valence electrons. The Labute approximate surface area is 136 Å². The first kappa shape index (κ1) is 17.9. The summed E-state index contributed by atoms with van der Waals surface area (Å²) >= 11 is 6.92. The first-order valence-corrected chi connectivity index (χ1v) is 9.57. The van der Waals surface area contributed by atoms with Gasteiger partial charge in [-0.05, 0) is 35.0 Å². The molecule has 0 aliphatic heterocycles. The summed E-state index contributed by atoms with van der Waals surface area (Å²) in [4.78, 5) is 0. The monoisotopic (exact) mass is 428 g/mol. The first-order chi connectivity index (χ1) is 9.33. The van der Waals surface area contributed by atoms with Crippen molar-refractivity contribution in [2.75, 3.05) is 26.0 Å². The Bertz CT molecular complexity index is 550. The van der Waals surface area contributed by atoms with E-state index in [0.29, 0.717) is 26.2 Å². The molecule has 8 heteroatoms. The summed E-state index contributed by atoms with van der Waals surface area (Å²) in [6.45, 7) is 4.02. The fraction of sp³-hybridized carbons (Fsp3) is 0.500. The predicted octanol–water partition coefficient (Wildman–Crippen LogP) is 2.25. The second-order valence-electron chi connectivity index (χ2n) is 4.15. The summed E-state index contributed by atoms with van der Waals surface area (Å²) < 4.78 is 31.7. The fourth-order valence-electron chi connectivity index (χ4n) is 1.60. The third kappa shape index (κ3) is 6.53. The van der Waals surface area contributed by atoms with Gasteiger partial charge in [-0.15, -0.1) is 0 Å². The number of hydrogen-bond acceptors (Lipinski definition) is 4. The lowest BCUT2D eigenvalue weighted by Gasteiger charge is -2.13. The van der Waals surface area contributed by atoms with Crippen LogP contribution in [0.15, 0.2) is 21.1 Å². The highest BCUT2D eigenvalue weighted by Gasteiger charge is 2.09. The Hall–Kier alpha value is -0.150. The van der Waals surface area contributed by atoms with Crippen LogP contribution in [0.1, 0.15) is 12.5 Å². The number of hydrogen-bond donors (Lipinski definition) is 2. The van der Waals surface area contributed by atoms with Gasteiger partial charge in [-0.3, -0.25) is 0 Å². The normalized spacial score (nSPS) is 11.6. The maximum atomic E-state index is 10.9. The average molecular weight is 430 g/mol. The van der Waals surface area contributed by atoms with Crippen molar-refractivity contribution in [2.45, 2.75) is 13.5 Å². The van der Waals surface area contributed by atoms with Gasteiger partial charge in [0.15, 0.2) is 0 Å². The Morgan fingerprint density at radius 1 is 1.25 bits per heavy atom. The molecule has 0 aromatic heterocycles. The number of ether oxygens (including phenoxy) is 1. The lowest BCUT2D eigenvalue weighted by atomic mass is 10.2. The van der Waals surface area contributed by atoms with Crippen molar-refractivity contribution in [3.05, 3.63) is 26.6 Å². The molecule has 5 nitrogen and oxygen atoms in total. The molecule has 0 fully saturated rings. The quantitative estimate of drug-likeness (QED) is 0.622. The number of nitrogens with one attached hydrogen (secondary N) is 2. The molecule has 1 aromatic carbocycles. The molecule has 1 aromatic rings. The van der Waals surface area contributed by atoms with E-state index in [1.54, 1.807) is 0 Å². The number of benzene rings is 1. The number of rotatable bonds is 8. The molecule has 20 heavy (non-hydrogen) atoms. The Morgan fingerprint density at radius 3 is 2.55 bits per heavy atom. The van der Waals surface area contributed by atoms with E-state index in [1.807, 2.05) is 19.1 Å². The van der Waals surface area contributed by atoms with Crippen molar-refractivity contribution in [3.8, 4) is 5.75 Å². The van der Waals surface area contributed by atoms with E-state index in [0.717, 1.165) is 26.5 Å². The fourth-order valence-corrected chi connectivity index (χ4v) is 3.50. The molecule has 0 bridgehead atoms. The Kier molecular flexibility index (Phi) is 7.46. The summed E-state index contributed by atoms with van der Waals surface area (Å²) in [5.41, 5.74) is 1.01. The van der Waals surface area contributed by atoms with Crippen LogP contribution in [-0.2, 0) is 16.6 Å². The second kappa shape index (κ2) is 8.33. The lowest BCUT2D eigenvalue weighted by Crippen LogP contribution is -2.30. The SMILES string of the molecule is CCOc1c(Br)cc(Br)cc1CNCCNS(C)(=O)=O. The molecular formula is C12H18Br2N2O3S. The minimum atomic E-state index is -3.13. The van der Waals surface area contributed by atoms with E-state index in [4.69, 9.17) is 4.74 Å². The smallest absolute Gasteiger partial charge is 0.208 e. The molecular weight excluding hydrogens is 412 g/mol. The predicted molar refractivity (Wildman–Crippen MR) is 87.6 cm³/mol. The van der Waals surface area contributed by atoms with E-state index in [-0.39, 0.29) is 0 Å². The third-order valence-electron chi connectivity index (χ3n) is 2.36. The van der Waals surface area contributed by atoms with Gasteiger partial charge < -0.3 is 10.1 Å². The van der Waals surface area contributed by atoms with E-state index >= 15 is 0 Å². The van der Waals surface area contributed by atoms with Gasteiger partial charge in [-0.2, -0.15) is 0 Å². The van der Waals surface area contributed by atoms with Crippen molar-refractivity contribution in [2.24, 2.45) is 0 Å². The van der Waals surface area contributed by atoms with Crippen molar-refractivity contribution in [1.29, 1.82) is 0 Å². The van der Waals surface area contributed by atoms with Crippen LogP contribution in [0.25, 0.3) is 0 Å². The maximum absolute atomic E-state index is 10.9. The van der Waals surface area contributed by atoms with Gasteiger partial charge in [-0.1, -0.05) is 15.9 Å². The standard InChI is InChI=1S/C12H18Br2N2O3S/c1-3-19-12-9(6-10(13)7-11(12)14)8-15-4-5-16-20(2,17)18/h6-7,15-16H,3-5,8H2,1-2H3. The molecule has 0 amide bonds. The number of halogens is 2. The van der Waals surface area contributed by atoms with Crippen LogP contribution in [0, 0.1) is 0 Å². The van der Waals surface area contributed by atoms with Crippen molar-refractivity contribution < 1.29 is 13.2 Å². The van der Waals surface area contributed by atoms with Crippen molar-refractivity contribution in [1.82, 2.24) is 10.0 Å². The van der Waals surface area contributed by atoms with E-state index < -0.39 is 10.0 Å². The van der Waals surface area contributed by atoms with Crippen LogP contribution >= 0.6 is 31.9 Å². The average Bonchev–Trinajstić information content (AvgIpc) is 2.31. The summed E-state index contributed by atoms with van der Waals surface area (Å²) in [6.07, 6.45) is 1.14. The molecule has 0 aliphatic carbocycles. The van der Waals surface area contributed by atoms with Gasteiger partial charge in [0.05, 0.1) is 17.3 Å². The van der Waals surface area contributed by atoms with Crippen LogP contribution in [-0.4, -0.2) is 34.4 Å². The molecule has 0 aliphatic rings. The van der Waals surface area contributed by atoms with E-state index in [2.05, 4.69) is 41.9 Å². The Morgan fingerprint density at radius 2 is 1.95 bits per heavy atom. The van der Waals surface area contributed by atoms with Crippen LogP contribution < -0.4 is 14.8 Å². The van der Waals surface area contributed by atoms with Gasteiger partial charge >= 0.3 is 0 Å². The zero-order chi connectivity index (χ0) is 15.2.